The normalized spacial score (nSPS) is 19.6. The van der Waals surface area contributed by atoms with Crippen LogP contribution in [0.15, 0.2) is 24.3 Å². The summed E-state index contributed by atoms with van der Waals surface area (Å²) in [6.07, 6.45) is 2.33. The molecule has 4 nitrogen and oxygen atoms in total. The topological polar surface area (TPSA) is 49.6 Å². The fourth-order valence-corrected chi connectivity index (χ4v) is 2.63. The van der Waals surface area contributed by atoms with Crippen LogP contribution in [0.4, 0.5) is 5.69 Å². The molecule has 1 unspecified atom stereocenters. The number of likely N-dealkylation sites (tertiary alicyclic amines) is 1. The predicted molar refractivity (Wildman–Crippen MR) is 78.0 cm³/mol. The number of carbonyl (C=O) groups is 1. The van der Waals surface area contributed by atoms with Gasteiger partial charge in [0.05, 0.1) is 0 Å². The second-order valence-electron chi connectivity index (χ2n) is 5.56. The minimum Gasteiger partial charge on any atom is -0.399 e. The summed E-state index contributed by atoms with van der Waals surface area (Å²) in [5.41, 5.74) is 7.02. The summed E-state index contributed by atoms with van der Waals surface area (Å²) >= 11 is 0. The third kappa shape index (κ3) is 3.70. The van der Waals surface area contributed by atoms with Gasteiger partial charge in [-0.3, -0.25) is 4.79 Å². The van der Waals surface area contributed by atoms with Crippen LogP contribution in [0.25, 0.3) is 0 Å². The minimum absolute atomic E-state index is 0.0543. The van der Waals surface area contributed by atoms with Crippen molar-refractivity contribution in [2.24, 2.45) is 5.92 Å². The molecule has 0 bridgehead atoms. The average Bonchev–Trinajstić information content (AvgIpc) is 2.81. The maximum absolute atomic E-state index is 12.2. The van der Waals surface area contributed by atoms with Gasteiger partial charge in [0, 0.05) is 31.4 Å². The molecule has 2 rings (SSSR count). The first kappa shape index (κ1) is 13.9. The summed E-state index contributed by atoms with van der Waals surface area (Å²) in [6.45, 7) is 3.14. The van der Waals surface area contributed by atoms with Crippen LogP contribution in [0.5, 0.6) is 0 Å². The highest BCUT2D eigenvalue weighted by Crippen LogP contribution is 2.18. The van der Waals surface area contributed by atoms with E-state index in [0.717, 1.165) is 25.4 Å². The molecule has 1 fully saturated rings. The van der Waals surface area contributed by atoms with Crippen LogP contribution in [-0.4, -0.2) is 49.4 Å². The van der Waals surface area contributed by atoms with E-state index in [2.05, 4.69) is 11.9 Å². The van der Waals surface area contributed by atoms with Crippen LogP contribution in [0.1, 0.15) is 23.2 Å². The van der Waals surface area contributed by atoms with Gasteiger partial charge in [0.15, 0.2) is 0 Å². The third-order valence-electron chi connectivity index (χ3n) is 3.84. The Bertz CT molecular complexity index is 447. The van der Waals surface area contributed by atoms with Crippen molar-refractivity contribution < 1.29 is 4.79 Å². The van der Waals surface area contributed by atoms with Gasteiger partial charge in [0.2, 0.25) is 0 Å². The van der Waals surface area contributed by atoms with E-state index >= 15 is 0 Å². The summed E-state index contributed by atoms with van der Waals surface area (Å²) in [7, 11) is 4.02. The first-order chi connectivity index (χ1) is 9.06. The Balaban J connectivity index is 1.85. The van der Waals surface area contributed by atoms with Gasteiger partial charge in [-0.15, -0.1) is 0 Å². The zero-order chi connectivity index (χ0) is 13.8. The number of benzene rings is 1. The first-order valence-corrected chi connectivity index (χ1v) is 6.86. The molecule has 104 valence electrons. The fourth-order valence-electron chi connectivity index (χ4n) is 2.63. The Kier molecular flexibility index (Phi) is 4.43. The molecule has 0 aliphatic carbocycles. The highest BCUT2D eigenvalue weighted by Gasteiger charge is 2.20. The summed E-state index contributed by atoms with van der Waals surface area (Å²) < 4.78 is 0. The van der Waals surface area contributed by atoms with E-state index in [1.165, 1.54) is 13.0 Å². The fraction of sp³-hybridized carbons (Fsp3) is 0.533. The van der Waals surface area contributed by atoms with E-state index in [9.17, 15) is 4.79 Å². The van der Waals surface area contributed by atoms with E-state index in [4.69, 9.17) is 5.73 Å². The maximum atomic E-state index is 12.2. The summed E-state index contributed by atoms with van der Waals surface area (Å²) in [4.78, 5) is 16.4. The Morgan fingerprint density at radius 3 is 2.95 bits per heavy atom. The SMILES string of the molecule is CN1CCC(CCN(C)C(=O)c2cccc(N)c2)C1. The predicted octanol–water partition coefficient (Wildman–Crippen LogP) is 1.68. The van der Waals surface area contributed by atoms with Crippen LogP contribution in [0, 0.1) is 5.92 Å². The van der Waals surface area contributed by atoms with Gasteiger partial charge in [-0.05, 0) is 50.6 Å². The number of amides is 1. The number of hydrogen-bond acceptors (Lipinski definition) is 3. The maximum Gasteiger partial charge on any atom is 0.253 e. The van der Waals surface area contributed by atoms with E-state index in [-0.39, 0.29) is 5.91 Å². The molecule has 19 heavy (non-hydrogen) atoms. The molecule has 1 aliphatic heterocycles. The second-order valence-corrected chi connectivity index (χ2v) is 5.56. The van der Waals surface area contributed by atoms with Crippen molar-refractivity contribution in [2.45, 2.75) is 12.8 Å². The Labute approximate surface area is 115 Å². The standard InChI is InChI=1S/C15H23N3O/c1-17-8-6-12(11-17)7-9-18(2)15(19)13-4-3-5-14(16)10-13/h3-5,10,12H,6-9,11,16H2,1-2H3. The lowest BCUT2D eigenvalue weighted by molar-refractivity contribution is 0.0787. The molecule has 1 saturated heterocycles. The minimum atomic E-state index is 0.0543. The molecule has 1 aliphatic rings. The number of hydrogen-bond donors (Lipinski definition) is 1. The quantitative estimate of drug-likeness (QED) is 0.839. The van der Waals surface area contributed by atoms with E-state index < -0.39 is 0 Å². The molecular weight excluding hydrogens is 238 g/mol. The molecule has 0 aromatic heterocycles. The van der Waals surface area contributed by atoms with Gasteiger partial charge in [0.25, 0.3) is 5.91 Å². The Morgan fingerprint density at radius 2 is 2.32 bits per heavy atom. The molecule has 2 N–H and O–H groups in total. The van der Waals surface area contributed by atoms with E-state index in [1.807, 2.05) is 19.2 Å². The molecule has 1 atom stereocenters. The number of rotatable bonds is 4. The third-order valence-corrected chi connectivity index (χ3v) is 3.84. The van der Waals surface area contributed by atoms with E-state index in [0.29, 0.717) is 11.3 Å². The highest BCUT2D eigenvalue weighted by atomic mass is 16.2. The van der Waals surface area contributed by atoms with Gasteiger partial charge in [0.1, 0.15) is 0 Å². The van der Waals surface area contributed by atoms with Crippen molar-refractivity contribution >= 4 is 11.6 Å². The lowest BCUT2D eigenvalue weighted by Crippen LogP contribution is -2.29. The van der Waals surface area contributed by atoms with Crippen LogP contribution in [-0.2, 0) is 0 Å². The molecule has 4 heteroatoms. The molecular formula is C15H23N3O. The second kappa shape index (κ2) is 6.06. The van der Waals surface area contributed by atoms with Crippen molar-refractivity contribution in [2.75, 3.05) is 39.5 Å². The van der Waals surface area contributed by atoms with Crippen molar-refractivity contribution in [3.05, 3.63) is 29.8 Å². The number of nitrogens with two attached hydrogens (primary N) is 1. The lowest BCUT2D eigenvalue weighted by Gasteiger charge is -2.19. The molecule has 0 spiro atoms. The molecule has 0 radical (unpaired) electrons. The smallest absolute Gasteiger partial charge is 0.253 e. The Hall–Kier alpha value is -1.55. The number of anilines is 1. The van der Waals surface area contributed by atoms with Crippen molar-refractivity contribution in [1.82, 2.24) is 9.80 Å². The molecule has 0 saturated carbocycles. The zero-order valence-electron chi connectivity index (χ0n) is 11.8. The van der Waals surface area contributed by atoms with Gasteiger partial charge in [-0.25, -0.2) is 0 Å². The van der Waals surface area contributed by atoms with Gasteiger partial charge in [-0.2, -0.15) is 0 Å². The molecule has 1 amide bonds. The van der Waals surface area contributed by atoms with Gasteiger partial charge in [-0.1, -0.05) is 6.07 Å². The summed E-state index contributed by atoms with van der Waals surface area (Å²) in [5, 5.41) is 0. The van der Waals surface area contributed by atoms with Crippen molar-refractivity contribution in [3.8, 4) is 0 Å². The van der Waals surface area contributed by atoms with Gasteiger partial charge >= 0.3 is 0 Å². The number of nitrogen functional groups attached to an aromatic ring is 1. The number of carbonyl (C=O) groups excluding carboxylic acids is 1. The first-order valence-electron chi connectivity index (χ1n) is 6.86. The molecule has 1 aromatic rings. The Morgan fingerprint density at radius 1 is 1.53 bits per heavy atom. The van der Waals surface area contributed by atoms with Crippen LogP contribution in [0.3, 0.4) is 0 Å². The number of nitrogens with zero attached hydrogens (tertiary/aromatic N) is 2. The van der Waals surface area contributed by atoms with Gasteiger partial charge < -0.3 is 15.5 Å². The van der Waals surface area contributed by atoms with Crippen molar-refractivity contribution in [1.29, 1.82) is 0 Å². The highest BCUT2D eigenvalue weighted by molar-refractivity contribution is 5.94. The molecule has 1 aromatic carbocycles. The van der Waals surface area contributed by atoms with E-state index in [1.54, 1.807) is 17.0 Å². The largest absolute Gasteiger partial charge is 0.399 e. The molecule has 1 heterocycles. The van der Waals surface area contributed by atoms with Crippen LogP contribution < -0.4 is 5.73 Å². The van der Waals surface area contributed by atoms with Crippen LogP contribution in [0.2, 0.25) is 0 Å². The lowest BCUT2D eigenvalue weighted by atomic mass is 10.0. The zero-order valence-corrected chi connectivity index (χ0v) is 11.8. The average molecular weight is 261 g/mol. The monoisotopic (exact) mass is 261 g/mol. The summed E-state index contributed by atoms with van der Waals surface area (Å²) in [5.74, 6) is 0.778. The van der Waals surface area contributed by atoms with Crippen molar-refractivity contribution in [3.63, 3.8) is 0 Å². The van der Waals surface area contributed by atoms with Crippen LogP contribution >= 0.6 is 0 Å². The summed E-state index contributed by atoms with van der Waals surface area (Å²) in [6, 6.07) is 7.17.